The Hall–Kier alpha value is -1.02. The van der Waals surface area contributed by atoms with Crippen molar-refractivity contribution in [2.45, 2.75) is 52.1 Å². The van der Waals surface area contributed by atoms with Crippen molar-refractivity contribution < 1.29 is 4.74 Å². The summed E-state index contributed by atoms with van der Waals surface area (Å²) < 4.78 is 6.07. The Bertz CT molecular complexity index is 348. The minimum atomic E-state index is 0.169. The Balaban J connectivity index is 2.77. The lowest BCUT2D eigenvalue weighted by Crippen LogP contribution is -2.29. The van der Waals surface area contributed by atoms with Crippen LogP contribution in [0, 0.1) is 0 Å². The fourth-order valence-corrected chi connectivity index (χ4v) is 1.98. The van der Waals surface area contributed by atoms with Crippen LogP contribution >= 0.6 is 0 Å². The first-order valence-electron chi connectivity index (χ1n) is 6.89. The van der Waals surface area contributed by atoms with Gasteiger partial charge in [-0.25, -0.2) is 0 Å². The molecule has 0 amide bonds. The van der Waals surface area contributed by atoms with Gasteiger partial charge in [0.1, 0.15) is 11.9 Å². The van der Waals surface area contributed by atoms with E-state index in [-0.39, 0.29) is 11.5 Å². The SMILES string of the molecule is CCCC(CNC)Oc1cccc(C(C)(C)C)c1. The second-order valence-electron chi connectivity index (χ2n) is 5.86. The number of ether oxygens (including phenoxy) is 1. The van der Waals surface area contributed by atoms with Crippen molar-refractivity contribution in [3.63, 3.8) is 0 Å². The molecule has 0 radical (unpaired) electrons. The highest BCUT2D eigenvalue weighted by Gasteiger charge is 2.15. The van der Waals surface area contributed by atoms with Crippen molar-refractivity contribution in [2.24, 2.45) is 0 Å². The van der Waals surface area contributed by atoms with Crippen LogP contribution in [0.25, 0.3) is 0 Å². The topological polar surface area (TPSA) is 21.3 Å². The van der Waals surface area contributed by atoms with Crippen LogP contribution in [-0.4, -0.2) is 19.7 Å². The van der Waals surface area contributed by atoms with E-state index in [0.29, 0.717) is 0 Å². The maximum absolute atomic E-state index is 6.07. The lowest BCUT2D eigenvalue weighted by Gasteiger charge is -2.22. The molecule has 0 fully saturated rings. The van der Waals surface area contributed by atoms with Gasteiger partial charge in [-0.15, -0.1) is 0 Å². The quantitative estimate of drug-likeness (QED) is 0.829. The first-order valence-corrected chi connectivity index (χ1v) is 6.89. The predicted octanol–water partition coefficient (Wildman–Crippen LogP) is 3.75. The summed E-state index contributed by atoms with van der Waals surface area (Å²) in [7, 11) is 1.97. The molecule has 0 saturated heterocycles. The Kier molecular flexibility index (Phi) is 5.67. The third-order valence-corrected chi connectivity index (χ3v) is 3.05. The molecule has 0 bridgehead atoms. The van der Waals surface area contributed by atoms with Gasteiger partial charge >= 0.3 is 0 Å². The molecule has 1 N–H and O–H groups in total. The zero-order chi connectivity index (χ0) is 13.6. The minimum Gasteiger partial charge on any atom is -0.489 e. The molecule has 1 unspecified atom stereocenters. The summed E-state index contributed by atoms with van der Waals surface area (Å²) in [5, 5.41) is 3.19. The zero-order valence-corrected chi connectivity index (χ0v) is 12.4. The third kappa shape index (κ3) is 4.69. The average Bonchev–Trinajstić information content (AvgIpc) is 2.29. The molecule has 0 aliphatic rings. The lowest BCUT2D eigenvalue weighted by molar-refractivity contribution is 0.189. The van der Waals surface area contributed by atoms with Crippen molar-refractivity contribution in [3.8, 4) is 5.75 Å². The molecule has 1 rings (SSSR count). The standard InChI is InChI=1S/C16H27NO/c1-6-8-15(12-17-5)18-14-10-7-9-13(11-14)16(2,3)4/h7,9-11,15,17H,6,8,12H2,1-5H3. The van der Waals surface area contributed by atoms with Crippen LogP contribution in [0.15, 0.2) is 24.3 Å². The number of benzene rings is 1. The molecule has 0 aliphatic heterocycles. The smallest absolute Gasteiger partial charge is 0.120 e. The Labute approximate surface area is 112 Å². The maximum Gasteiger partial charge on any atom is 0.120 e. The van der Waals surface area contributed by atoms with Crippen molar-refractivity contribution >= 4 is 0 Å². The van der Waals surface area contributed by atoms with E-state index in [0.717, 1.165) is 25.1 Å². The molecule has 1 atom stereocenters. The molecule has 0 aromatic heterocycles. The van der Waals surface area contributed by atoms with E-state index in [1.54, 1.807) is 0 Å². The van der Waals surface area contributed by atoms with Gasteiger partial charge in [-0.3, -0.25) is 0 Å². The van der Waals surface area contributed by atoms with Crippen LogP contribution in [-0.2, 0) is 5.41 Å². The predicted molar refractivity (Wildman–Crippen MR) is 78.4 cm³/mol. The van der Waals surface area contributed by atoms with Gasteiger partial charge in [0.15, 0.2) is 0 Å². The number of hydrogen-bond acceptors (Lipinski definition) is 2. The van der Waals surface area contributed by atoms with Crippen LogP contribution in [0.1, 0.15) is 46.1 Å². The fraction of sp³-hybridized carbons (Fsp3) is 0.625. The Morgan fingerprint density at radius 2 is 2.00 bits per heavy atom. The summed E-state index contributed by atoms with van der Waals surface area (Å²) in [6.45, 7) is 9.76. The monoisotopic (exact) mass is 249 g/mol. The minimum absolute atomic E-state index is 0.169. The summed E-state index contributed by atoms with van der Waals surface area (Å²) in [5.74, 6) is 0.983. The molecular weight excluding hydrogens is 222 g/mol. The number of hydrogen-bond donors (Lipinski definition) is 1. The van der Waals surface area contributed by atoms with E-state index in [1.165, 1.54) is 5.56 Å². The normalized spacial score (nSPS) is 13.4. The van der Waals surface area contributed by atoms with E-state index >= 15 is 0 Å². The molecule has 102 valence electrons. The Morgan fingerprint density at radius 1 is 1.28 bits per heavy atom. The van der Waals surface area contributed by atoms with E-state index in [4.69, 9.17) is 4.74 Å². The van der Waals surface area contributed by atoms with E-state index in [1.807, 2.05) is 13.1 Å². The van der Waals surface area contributed by atoms with Crippen molar-refractivity contribution in [3.05, 3.63) is 29.8 Å². The third-order valence-electron chi connectivity index (χ3n) is 3.05. The van der Waals surface area contributed by atoms with E-state index in [9.17, 15) is 0 Å². The van der Waals surface area contributed by atoms with Crippen LogP contribution in [0.5, 0.6) is 5.75 Å². The highest BCUT2D eigenvalue weighted by atomic mass is 16.5. The van der Waals surface area contributed by atoms with Crippen molar-refractivity contribution in [1.29, 1.82) is 0 Å². The maximum atomic E-state index is 6.07. The molecule has 2 nitrogen and oxygen atoms in total. The second-order valence-corrected chi connectivity index (χ2v) is 5.86. The largest absolute Gasteiger partial charge is 0.489 e. The van der Waals surface area contributed by atoms with Crippen molar-refractivity contribution in [2.75, 3.05) is 13.6 Å². The molecule has 1 aromatic carbocycles. The number of nitrogens with one attached hydrogen (secondary N) is 1. The van der Waals surface area contributed by atoms with Crippen LogP contribution < -0.4 is 10.1 Å². The lowest BCUT2D eigenvalue weighted by atomic mass is 9.87. The summed E-state index contributed by atoms with van der Waals surface area (Å²) in [6.07, 6.45) is 2.49. The van der Waals surface area contributed by atoms with Gasteiger partial charge in [-0.1, -0.05) is 46.2 Å². The molecule has 0 aliphatic carbocycles. The van der Waals surface area contributed by atoms with Gasteiger partial charge in [-0.05, 0) is 36.6 Å². The fourth-order valence-electron chi connectivity index (χ4n) is 1.98. The van der Waals surface area contributed by atoms with E-state index < -0.39 is 0 Å². The van der Waals surface area contributed by atoms with Crippen LogP contribution in [0.3, 0.4) is 0 Å². The molecular formula is C16H27NO. The van der Waals surface area contributed by atoms with Gasteiger partial charge in [0.2, 0.25) is 0 Å². The highest BCUT2D eigenvalue weighted by molar-refractivity contribution is 5.32. The van der Waals surface area contributed by atoms with E-state index in [2.05, 4.69) is 51.2 Å². The van der Waals surface area contributed by atoms with Crippen LogP contribution in [0.4, 0.5) is 0 Å². The van der Waals surface area contributed by atoms with Gasteiger partial charge in [0.05, 0.1) is 0 Å². The first kappa shape index (κ1) is 15.0. The number of likely N-dealkylation sites (N-methyl/N-ethyl adjacent to an activating group) is 1. The zero-order valence-electron chi connectivity index (χ0n) is 12.4. The summed E-state index contributed by atoms with van der Waals surface area (Å²) in [4.78, 5) is 0. The molecule has 18 heavy (non-hydrogen) atoms. The molecule has 0 spiro atoms. The van der Waals surface area contributed by atoms with Gasteiger partial charge < -0.3 is 10.1 Å². The molecule has 2 heteroatoms. The second kappa shape index (κ2) is 6.79. The summed E-state index contributed by atoms with van der Waals surface area (Å²) in [5.41, 5.74) is 1.49. The van der Waals surface area contributed by atoms with Gasteiger partial charge in [0.25, 0.3) is 0 Å². The molecule has 1 aromatic rings. The van der Waals surface area contributed by atoms with Gasteiger partial charge in [0, 0.05) is 6.54 Å². The Morgan fingerprint density at radius 3 is 2.56 bits per heavy atom. The summed E-state index contributed by atoms with van der Waals surface area (Å²) >= 11 is 0. The average molecular weight is 249 g/mol. The molecule has 0 heterocycles. The summed E-state index contributed by atoms with van der Waals surface area (Å²) in [6, 6.07) is 8.46. The highest BCUT2D eigenvalue weighted by Crippen LogP contribution is 2.26. The van der Waals surface area contributed by atoms with Crippen molar-refractivity contribution in [1.82, 2.24) is 5.32 Å². The number of rotatable bonds is 6. The van der Waals surface area contributed by atoms with Gasteiger partial charge in [-0.2, -0.15) is 0 Å². The molecule has 0 saturated carbocycles. The van der Waals surface area contributed by atoms with Crippen LogP contribution in [0.2, 0.25) is 0 Å². The first-order chi connectivity index (χ1) is 8.47.